The Morgan fingerprint density at radius 1 is 0.929 bits per heavy atom. The Bertz CT molecular complexity index is 960. The van der Waals surface area contributed by atoms with Gasteiger partial charge in [-0.2, -0.15) is 0 Å². The summed E-state index contributed by atoms with van der Waals surface area (Å²) in [6, 6.07) is 11.4. The van der Waals surface area contributed by atoms with Crippen molar-refractivity contribution in [3.05, 3.63) is 72.4 Å². The summed E-state index contributed by atoms with van der Waals surface area (Å²) in [4.78, 5) is 29.4. The number of piperazine rings is 1. The Morgan fingerprint density at radius 2 is 1.68 bits per heavy atom. The molecular formula is C20H19FN6O. The first-order chi connectivity index (χ1) is 13.7. The highest BCUT2D eigenvalue weighted by Crippen LogP contribution is 2.19. The van der Waals surface area contributed by atoms with Gasteiger partial charge in [0.2, 0.25) is 5.95 Å². The van der Waals surface area contributed by atoms with Crippen molar-refractivity contribution >= 4 is 23.4 Å². The lowest BCUT2D eigenvalue weighted by atomic mass is 10.2. The Labute approximate surface area is 161 Å². The van der Waals surface area contributed by atoms with E-state index in [0.29, 0.717) is 49.2 Å². The zero-order valence-electron chi connectivity index (χ0n) is 15.1. The third-order valence-electron chi connectivity index (χ3n) is 4.55. The van der Waals surface area contributed by atoms with E-state index in [1.807, 2.05) is 0 Å². The normalized spacial score (nSPS) is 14.0. The standard InChI is InChI=1S/C20H19FN6O/c21-16-4-1-2-5-17(16)25-18-14-15(6-9-22-18)19(28)26-10-12-27(13-11-26)20-23-7-3-8-24-20/h1-9,14H,10-13H2,(H,22,25). The first-order valence-corrected chi connectivity index (χ1v) is 8.99. The van der Waals surface area contributed by atoms with Gasteiger partial charge in [0.25, 0.3) is 5.91 Å². The van der Waals surface area contributed by atoms with E-state index in [0.717, 1.165) is 0 Å². The molecule has 1 amide bonds. The molecule has 142 valence electrons. The minimum atomic E-state index is -0.375. The lowest BCUT2D eigenvalue weighted by Crippen LogP contribution is -2.49. The summed E-state index contributed by atoms with van der Waals surface area (Å²) in [5.41, 5.74) is 0.828. The summed E-state index contributed by atoms with van der Waals surface area (Å²) in [6.07, 6.45) is 4.96. The van der Waals surface area contributed by atoms with Crippen molar-refractivity contribution < 1.29 is 9.18 Å². The molecule has 0 atom stereocenters. The summed E-state index contributed by atoms with van der Waals surface area (Å²) < 4.78 is 13.8. The van der Waals surface area contributed by atoms with Crippen LogP contribution in [0.25, 0.3) is 0 Å². The smallest absolute Gasteiger partial charge is 0.254 e. The monoisotopic (exact) mass is 378 g/mol. The number of nitrogens with zero attached hydrogens (tertiary/aromatic N) is 5. The number of aromatic nitrogens is 3. The van der Waals surface area contributed by atoms with E-state index in [-0.39, 0.29) is 11.7 Å². The maximum Gasteiger partial charge on any atom is 0.254 e. The molecule has 1 saturated heterocycles. The van der Waals surface area contributed by atoms with E-state index < -0.39 is 0 Å². The van der Waals surface area contributed by atoms with Crippen LogP contribution in [0.1, 0.15) is 10.4 Å². The quantitative estimate of drug-likeness (QED) is 0.753. The van der Waals surface area contributed by atoms with Crippen molar-refractivity contribution in [2.24, 2.45) is 0 Å². The van der Waals surface area contributed by atoms with E-state index in [1.165, 1.54) is 6.07 Å². The number of rotatable bonds is 4. The van der Waals surface area contributed by atoms with E-state index in [4.69, 9.17) is 0 Å². The Kier molecular flexibility index (Phi) is 5.09. The summed E-state index contributed by atoms with van der Waals surface area (Å²) in [7, 11) is 0. The number of anilines is 3. The number of hydrogen-bond acceptors (Lipinski definition) is 6. The predicted molar refractivity (Wildman–Crippen MR) is 104 cm³/mol. The molecule has 3 aromatic rings. The number of nitrogens with one attached hydrogen (secondary N) is 1. The zero-order valence-corrected chi connectivity index (χ0v) is 15.1. The minimum absolute atomic E-state index is 0.0763. The second-order valence-corrected chi connectivity index (χ2v) is 6.36. The van der Waals surface area contributed by atoms with E-state index in [9.17, 15) is 9.18 Å². The van der Waals surface area contributed by atoms with Crippen LogP contribution in [-0.2, 0) is 0 Å². The van der Waals surface area contributed by atoms with Crippen LogP contribution in [0.4, 0.5) is 21.8 Å². The van der Waals surface area contributed by atoms with Gasteiger partial charge < -0.3 is 15.1 Å². The molecule has 1 aromatic carbocycles. The third kappa shape index (κ3) is 3.90. The average molecular weight is 378 g/mol. The molecule has 1 aliphatic rings. The largest absolute Gasteiger partial charge is 0.338 e. The summed E-state index contributed by atoms with van der Waals surface area (Å²) >= 11 is 0. The molecule has 7 nitrogen and oxygen atoms in total. The van der Waals surface area contributed by atoms with Gasteiger partial charge in [-0.05, 0) is 30.3 Å². The van der Waals surface area contributed by atoms with Crippen LogP contribution in [0.3, 0.4) is 0 Å². The average Bonchev–Trinajstić information content (AvgIpc) is 2.76. The fraction of sp³-hybridized carbons (Fsp3) is 0.200. The Morgan fingerprint density at radius 3 is 2.43 bits per heavy atom. The minimum Gasteiger partial charge on any atom is -0.338 e. The molecule has 2 aromatic heterocycles. The van der Waals surface area contributed by atoms with Crippen LogP contribution >= 0.6 is 0 Å². The van der Waals surface area contributed by atoms with Gasteiger partial charge in [-0.25, -0.2) is 19.3 Å². The second kappa shape index (κ2) is 7.99. The van der Waals surface area contributed by atoms with Gasteiger partial charge in [-0.15, -0.1) is 0 Å². The van der Waals surface area contributed by atoms with E-state index >= 15 is 0 Å². The van der Waals surface area contributed by atoms with Crippen molar-refractivity contribution in [3.8, 4) is 0 Å². The van der Waals surface area contributed by atoms with Gasteiger partial charge in [0.1, 0.15) is 11.6 Å². The number of benzene rings is 1. The topological polar surface area (TPSA) is 74.2 Å². The van der Waals surface area contributed by atoms with Crippen LogP contribution in [0.2, 0.25) is 0 Å². The van der Waals surface area contributed by atoms with Gasteiger partial charge in [-0.1, -0.05) is 12.1 Å². The first-order valence-electron chi connectivity index (χ1n) is 8.99. The van der Waals surface area contributed by atoms with Crippen LogP contribution in [-0.4, -0.2) is 51.9 Å². The van der Waals surface area contributed by atoms with Crippen LogP contribution in [0.15, 0.2) is 61.1 Å². The van der Waals surface area contributed by atoms with Crippen LogP contribution < -0.4 is 10.2 Å². The Balaban J connectivity index is 1.42. The SMILES string of the molecule is O=C(c1ccnc(Nc2ccccc2F)c1)N1CCN(c2ncccn2)CC1. The van der Waals surface area contributed by atoms with Crippen molar-refractivity contribution in [3.63, 3.8) is 0 Å². The summed E-state index contributed by atoms with van der Waals surface area (Å²) in [5.74, 6) is 0.648. The lowest BCUT2D eigenvalue weighted by Gasteiger charge is -2.34. The number of carbonyl (C=O) groups excluding carboxylic acids is 1. The highest BCUT2D eigenvalue weighted by molar-refractivity contribution is 5.95. The molecule has 28 heavy (non-hydrogen) atoms. The number of halogens is 1. The molecule has 1 N–H and O–H groups in total. The molecule has 0 aliphatic carbocycles. The van der Waals surface area contributed by atoms with Crippen molar-refractivity contribution in [2.75, 3.05) is 36.4 Å². The molecule has 3 heterocycles. The van der Waals surface area contributed by atoms with Gasteiger partial charge >= 0.3 is 0 Å². The highest BCUT2D eigenvalue weighted by atomic mass is 19.1. The number of carbonyl (C=O) groups is 1. The molecule has 1 aliphatic heterocycles. The third-order valence-corrected chi connectivity index (χ3v) is 4.55. The molecule has 0 spiro atoms. The van der Waals surface area contributed by atoms with E-state index in [1.54, 1.807) is 59.9 Å². The molecular weight excluding hydrogens is 359 g/mol. The number of pyridine rings is 1. The van der Waals surface area contributed by atoms with Crippen molar-refractivity contribution in [2.45, 2.75) is 0 Å². The molecule has 0 radical (unpaired) electrons. The number of para-hydroxylation sites is 1. The maximum atomic E-state index is 13.8. The van der Waals surface area contributed by atoms with Gasteiger partial charge in [0.05, 0.1) is 5.69 Å². The number of hydrogen-bond donors (Lipinski definition) is 1. The molecule has 1 fully saturated rings. The van der Waals surface area contributed by atoms with Gasteiger partial charge in [-0.3, -0.25) is 4.79 Å². The fourth-order valence-corrected chi connectivity index (χ4v) is 3.08. The maximum absolute atomic E-state index is 13.8. The van der Waals surface area contributed by atoms with Gasteiger partial charge in [0, 0.05) is 50.3 Å². The predicted octanol–water partition coefficient (Wildman–Crippen LogP) is 2.72. The number of amides is 1. The molecule has 0 unspecified atom stereocenters. The van der Waals surface area contributed by atoms with Gasteiger partial charge in [0.15, 0.2) is 0 Å². The van der Waals surface area contributed by atoms with Crippen LogP contribution in [0, 0.1) is 5.82 Å². The molecule has 0 bridgehead atoms. The van der Waals surface area contributed by atoms with Crippen LogP contribution in [0.5, 0.6) is 0 Å². The second-order valence-electron chi connectivity index (χ2n) is 6.36. The molecule has 0 saturated carbocycles. The first kappa shape index (κ1) is 17.8. The van der Waals surface area contributed by atoms with Crippen molar-refractivity contribution in [1.29, 1.82) is 0 Å². The summed E-state index contributed by atoms with van der Waals surface area (Å²) in [6.45, 7) is 2.49. The molecule has 8 heteroatoms. The van der Waals surface area contributed by atoms with E-state index in [2.05, 4.69) is 25.2 Å². The molecule has 4 rings (SSSR count). The van der Waals surface area contributed by atoms with Crippen molar-refractivity contribution in [1.82, 2.24) is 19.9 Å². The fourth-order valence-electron chi connectivity index (χ4n) is 3.08. The Hall–Kier alpha value is -3.55. The summed E-state index contributed by atoms with van der Waals surface area (Å²) in [5, 5.41) is 2.92. The zero-order chi connectivity index (χ0) is 19.3. The highest BCUT2D eigenvalue weighted by Gasteiger charge is 2.23. The lowest BCUT2D eigenvalue weighted by molar-refractivity contribution is 0.0746.